The molecule has 0 aromatic heterocycles. The highest BCUT2D eigenvalue weighted by Gasteiger charge is 2.22. The number of rotatable bonds is 5. The first-order valence-electron chi connectivity index (χ1n) is 4.37. The second-order valence-corrected chi connectivity index (χ2v) is 4.49. The van der Waals surface area contributed by atoms with Crippen molar-refractivity contribution < 1.29 is 14.7 Å². The molecule has 1 N–H and O–H groups in total. The van der Waals surface area contributed by atoms with Gasteiger partial charge in [0.15, 0.2) is 0 Å². The summed E-state index contributed by atoms with van der Waals surface area (Å²) in [4.78, 5) is 22.5. The first kappa shape index (κ1) is 13.2. The maximum atomic E-state index is 10.7. The fourth-order valence-electron chi connectivity index (χ4n) is 1.23. The predicted octanol–water partition coefficient (Wildman–Crippen LogP) is 2.17. The minimum Gasteiger partial charge on any atom is -0.481 e. The lowest BCUT2D eigenvalue weighted by Crippen LogP contribution is -2.33. The second-order valence-electron chi connectivity index (χ2n) is 4.17. The quantitative estimate of drug-likeness (QED) is 0.572. The third-order valence-electron chi connectivity index (χ3n) is 1.98. The summed E-state index contributed by atoms with van der Waals surface area (Å²) in [6.45, 7) is 4.28. The number of amides is 1. The van der Waals surface area contributed by atoms with Gasteiger partial charge < -0.3 is 10.0 Å². The Balaban J connectivity index is 4.06. The van der Waals surface area contributed by atoms with Crippen LogP contribution in [0.1, 0.15) is 26.7 Å². The van der Waals surface area contributed by atoms with Crippen LogP contribution in [-0.4, -0.2) is 34.9 Å². The molecule has 82 valence electrons. The van der Waals surface area contributed by atoms with Crippen LogP contribution in [0, 0.1) is 5.41 Å². The molecule has 0 heterocycles. The van der Waals surface area contributed by atoms with E-state index in [0.29, 0.717) is 13.0 Å². The van der Waals surface area contributed by atoms with Crippen LogP contribution in [0.25, 0.3) is 0 Å². The molecule has 0 aliphatic carbocycles. The third-order valence-corrected chi connectivity index (χ3v) is 2.27. The van der Waals surface area contributed by atoms with Crippen molar-refractivity contribution in [1.82, 2.24) is 4.90 Å². The molecule has 0 aromatic rings. The van der Waals surface area contributed by atoms with Crippen LogP contribution in [0.4, 0.5) is 4.79 Å². The Morgan fingerprint density at radius 2 is 1.93 bits per heavy atom. The molecule has 1 amide bonds. The van der Waals surface area contributed by atoms with E-state index in [4.69, 9.17) is 16.7 Å². The zero-order valence-corrected chi connectivity index (χ0v) is 9.47. The van der Waals surface area contributed by atoms with Gasteiger partial charge in [0, 0.05) is 20.0 Å². The number of carboxylic acids is 1. The molecular formula is C9H16ClNO3. The Kier molecular flexibility index (Phi) is 4.91. The van der Waals surface area contributed by atoms with Crippen molar-refractivity contribution >= 4 is 22.9 Å². The van der Waals surface area contributed by atoms with Crippen LogP contribution in [0.2, 0.25) is 0 Å². The number of carbonyl (C=O) groups excluding carboxylic acids is 1. The van der Waals surface area contributed by atoms with E-state index in [-0.39, 0.29) is 11.8 Å². The maximum absolute atomic E-state index is 10.7. The summed E-state index contributed by atoms with van der Waals surface area (Å²) in [6.07, 6.45) is 0.633. The van der Waals surface area contributed by atoms with E-state index in [2.05, 4.69) is 0 Å². The molecule has 0 atom stereocenters. The Labute approximate surface area is 88.8 Å². The summed E-state index contributed by atoms with van der Waals surface area (Å²) < 4.78 is 0. The predicted molar refractivity (Wildman–Crippen MR) is 54.5 cm³/mol. The Morgan fingerprint density at radius 3 is 2.29 bits per heavy atom. The summed E-state index contributed by atoms with van der Waals surface area (Å²) in [5.74, 6) is -0.821. The maximum Gasteiger partial charge on any atom is 0.316 e. The van der Waals surface area contributed by atoms with E-state index in [1.807, 2.05) is 13.8 Å². The van der Waals surface area contributed by atoms with Gasteiger partial charge in [-0.15, -0.1) is 0 Å². The van der Waals surface area contributed by atoms with Gasteiger partial charge in [-0.3, -0.25) is 9.59 Å². The van der Waals surface area contributed by atoms with Gasteiger partial charge in [0.25, 0.3) is 0 Å². The first-order chi connectivity index (χ1) is 6.24. The van der Waals surface area contributed by atoms with Gasteiger partial charge in [0.05, 0.1) is 0 Å². The highest BCUT2D eigenvalue weighted by atomic mass is 35.5. The van der Waals surface area contributed by atoms with Gasteiger partial charge in [-0.05, 0) is 23.4 Å². The fraction of sp³-hybridized carbons (Fsp3) is 0.778. The monoisotopic (exact) mass is 221 g/mol. The molecule has 0 saturated heterocycles. The molecule has 0 aliphatic rings. The van der Waals surface area contributed by atoms with Crippen LogP contribution in [-0.2, 0) is 4.79 Å². The average molecular weight is 222 g/mol. The molecule has 5 heteroatoms. The van der Waals surface area contributed by atoms with E-state index >= 15 is 0 Å². The number of halogens is 1. The largest absolute Gasteiger partial charge is 0.481 e. The topological polar surface area (TPSA) is 57.6 Å². The van der Waals surface area contributed by atoms with Crippen molar-refractivity contribution in [2.75, 3.05) is 13.6 Å². The lowest BCUT2D eigenvalue weighted by atomic mass is 9.87. The number of carbonyl (C=O) groups is 2. The molecule has 0 aromatic carbocycles. The van der Waals surface area contributed by atoms with Crippen LogP contribution >= 0.6 is 11.6 Å². The standard InChI is InChI=1S/C9H16ClNO3/c1-9(2,5-4-7(12)13)6-11(3)8(10)14/h4-6H2,1-3H3,(H,12,13). The van der Waals surface area contributed by atoms with Crippen molar-refractivity contribution in [3.63, 3.8) is 0 Å². The Bertz CT molecular complexity index is 228. The third kappa shape index (κ3) is 5.80. The fourth-order valence-corrected chi connectivity index (χ4v) is 1.29. The van der Waals surface area contributed by atoms with E-state index in [1.165, 1.54) is 4.90 Å². The molecule has 0 aliphatic heterocycles. The number of aliphatic carboxylic acids is 1. The lowest BCUT2D eigenvalue weighted by molar-refractivity contribution is -0.137. The van der Waals surface area contributed by atoms with Crippen molar-refractivity contribution in [2.24, 2.45) is 5.41 Å². The number of carboxylic acid groups (broad SMARTS) is 1. The van der Waals surface area contributed by atoms with Crippen LogP contribution < -0.4 is 0 Å². The smallest absolute Gasteiger partial charge is 0.316 e. The zero-order valence-electron chi connectivity index (χ0n) is 8.71. The Hall–Kier alpha value is -0.770. The molecule has 0 radical (unpaired) electrons. The van der Waals surface area contributed by atoms with E-state index in [0.717, 1.165) is 0 Å². The summed E-state index contributed by atoms with van der Waals surface area (Å²) in [5, 5.41) is 7.99. The lowest BCUT2D eigenvalue weighted by Gasteiger charge is -2.28. The molecule has 4 nitrogen and oxygen atoms in total. The average Bonchev–Trinajstić information content (AvgIpc) is 2.00. The SMILES string of the molecule is CN(CC(C)(C)CCC(=O)O)C(=O)Cl. The zero-order chi connectivity index (χ0) is 11.4. The molecule has 14 heavy (non-hydrogen) atoms. The first-order valence-corrected chi connectivity index (χ1v) is 4.75. The molecule has 0 saturated carbocycles. The molecule has 0 spiro atoms. The second kappa shape index (κ2) is 5.20. The van der Waals surface area contributed by atoms with E-state index < -0.39 is 11.3 Å². The molecule has 0 fully saturated rings. The van der Waals surface area contributed by atoms with Gasteiger partial charge >= 0.3 is 11.3 Å². The van der Waals surface area contributed by atoms with Gasteiger partial charge in [0.2, 0.25) is 0 Å². The number of hydrogen-bond acceptors (Lipinski definition) is 2. The highest BCUT2D eigenvalue weighted by Crippen LogP contribution is 2.23. The van der Waals surface area contributed by atoms with Crippen molar-refractivity contribution in [2.45, 2.75) is 26.7 Å². The van der Waals surface area contributed by atoms with Gasteiger partial charge in [0.1, 0.15) is 0 Å². The number of nitrogens with zero attached hydrogens (tertiary/aromatic N) is 1. The van der Waals surface area contributed by atoms with E-state index in [1.54, 1.807) is 7.05 Å². The molecule has 0 rings (SSSR count). The highest BCUT2D eigenvalue weighted by molar-refractivity contribution is 6.62. The van der Waals surface area contributed by atoms with Crippen LogP contribution in [0.15, 0.2) is 0 Å². The summed E-state index contributed by atoms with van der Waals surface area (Å²) in [7, 11) is 1.60. The molecule has 0 unspecified atom stereocenters. The Morgan fingerprint density at radius 1 is 1.43 bits per heavy atom. The summed E-state index contributed by atoms with van der Waals surface area (Å²) >= 11 is 5.27. The minimum absolute atomic E-state index is 0.108. The van der Waals surface area contributed by atoms with Gasteiger partial charge in [-0.25, -0.2) is 0 Å². The van der Waals surface area contributed by atoms with Crippen molar-refractivity contribution in [3.05, 3.63) is 0 Å². The summed E-state index contributed by atoms with van der Waals surface area (Å²) in [5.41, 5.74) is -0.225. The van der Waals surface area contributed by atoms with Crippen LogP contribution in [0.3, 0.4) is 0 Å². The van der Waals surface area contributed by atoms with Gasteiger partial charge in [-0.1, -0.05) is 13.8 Å². The number of hydrogen-bond donors (Lipinski definition) is 1. The van der Waals surface area contributed by atoms with Crippen molar-refractivity contribution in [1.29, 1.82) is 0 Å². The molecular weight excluding hydrogens is 206 g/mol. The molecule has 0 bridgehead atoms. The summed E-state index contributed by atoms with van der Waals surface area (Å²) in [6, 6.07) is 0. The van der Waals surface area contributed by atoms with Gasteiger partial charge in [-0.2, -0.15) is 0 Å². The van der Waals surface area contributed by atoms with E-state index in [9.17, 15) is 9.59 Å². The minimum atomic E-state index is -0.821. The van der Waals surface area contributed by atoms with Crippen LogP contribution in [0.5, 0.6) is 0 Å². The van der Waals surface area contributed by atoms with Crippen molar-refractivity contribution in [3.8, 4) is 0 Å². The normalized spacial score (nSPS) is 11.1.